The van der Waals surface area contributed by atoms with Crippen molar-refractivity contribution in [2.75, 3.05) is 5.75 Å². The summed E-state index contributed by atoms with van der Waals surface area (Å²) in [5.41, 5.74) is -0.563. The summed E-state index contributed by atoms with van der Waals surface area (Å²) >= 11 is 1.35. The Labute approximate surface area is 212 Å². The van der Waals surface area contributed by atoms with Gasteiger partial charge in [-0.15, -0.1) is 0 Å². The Morgan fingerprint density at radius 3 is 2.71 bits per heavy atom. The second-order valence-electron chi connectivity index (χ2n) is 11.5. The van der Waals surface area contributed by atoms with Gasteiger partial charge >= 0.3 is 0 Å². The van der Waals surface area contributed by atoms with Gasteiger partial charge in [0.2, 0.25) is 0 Å². The van der Waals surface area contributed by atoms with Gasteiger partial charge in [0.05, 0.1) is 18.0 Å². The predicted octanol–water partition coefficient (Wildman–Crippen LogP) is 4.58. The average molecular weight is 497 g/mol. The molecule has 5 rings (SSSR count). The molecule has 0 radical (unpaired) electrons. The lowest BCUT2D eigenvalue weighted by molar-refractivity contribution is -0.199. The van der Waals surface area contributed by atoms with Gasteiger partial charge in [0.15, 0.2) is 16.7 Å². The average Bonchev–Trinajstić information content (AvgIpc) is 3.10. The zero-order chi connectivity index (χ0) is 25.0. The van der Waals surface area contributed by atoms with Crippen LogP contribution in [-0.4, -0.2) is 50.2 Å². The van der Waals surface area contributed by atoms with Crippen molar-refractivity contribution in [1.29, 1.82) is 0 Å². The number of Topliss-reactive ketones (excluding diaryl/α,β-unsaturated/α-hetero) is 1. The maximum Gasteiger partial charge on any atom is 0.187 e. The maximum atomic E-state index is 14.0. The molecular weight excluding hydrogens is 460 g/mol. The van der Waals surface area contributed by atoms with E-state index in [1.165, 1.54) is 11.8 Å². The van der Waals surface area contributed by atoms with Gasteiger partial charge in [-0.3, -0.25) is 9.59 Å². The summed E-state index contributed by atoms with van der Waals surface area (Å²) in [6, 6.07) is 1.76. The number of aliphatic hydroxyl groups is 1. The maximum absolute atomic E-state index is 14.0. The van der Waals surface area contributed by atoms with E-state index in [-0.39, 0.29) is 46.6 Å². The standard InChI is InChI=1S/C28H36N2O4S/c1-17(2)34-28(23(33)16-35-25-29-12-5-13-30-25)11-9-21-20-7-6-18-14-19(31)8-10-26(18,3)24(20)22(32)15-27(21,28)4/h5,8,10,12-14,17,20-22,24,32H,6-7,9,11,15-16H2,1-4H3/t20?,21?,22-,24?,26?,27?,28-/m0/s1. The van der Waals surface area contributed by atoms with E-state index in [9.17, 15) is 14.7 Å². The smallest absolute Gasteiger partial charge is 0.187 e. The third-order valence-corrected chi connectivity index (χ3v) is 10.3. The van der Waals surface area contributed by atoms with Crippen LogP contribution in [0.5, 0.6) is 0 Å². The summed E-state index contributed by atoms with van der Waals surface area (Å²) in [5, 5.41) is 12.3. The van der Waals surface area contributed by atoms with E-state index in [1.807, 2.05) is 19.9 Å². The number of carbonyl (C=O) groups is 2. The Morgan fingerprint density at radius 2 is 2.00 bits per heavy atom. The Bertz CT molecular complexity index is 1070. The number of rotatable bonds is 6. The van der Waals surface area contributed by atoms with Gasteiger partial charge in [-0.25, -0.2) is 9.97 Å². The minimum absolute atomic E-state index is 0.0433. The third kappa shape index (κ3) is 3.85. The zero-order valence-corrected chi connectivity index (χ0v) is 21.9. The third-order valence-electron chi connectivity index (χ3n) is 9.38. The highest BCUT2D eigenvalue weighted by Crippen LogP contribution is 2.68. The molecule has 1 aromatic heterocycles. The largest absolute Gasteiger partial charge is 0.393 e. The summed E-state index contributed by atoms with van der Waals surface area (Å²) in [6.07, 6.45) is 12.1. The SMILES string of the molecule is CC(C)O[C@]1(C(=O)CSc2ncccn2)CCC2C3CCC4=CC(=O)C=CC4(C)C3[C@@H](O)CC21C. The predicted molar refractivity (Wildman–Crippen MR) is 135 cm³/mol. The van der Waals surface area contributed by atoms with E-state index in [0.717, 1.165) is 24.8 Å². The molecular formula is C28H36N2O4S. The molecule has 3 saturated carbocycles. The van der Waals surface area contributed by atoms with E-state index in [2.05, 4.69) is 23.8 Å². The minimum Gasteiger partial charge on any atom is -0.393 e. The van der Waals surface area contributed by atoms with Crippen LogP contribution in [-0.2, 0) is 14.3 Å². The lowest BCUT2D eigenvalue weighted by Crippen LogP contribution is -2.62. The normalized spacial score (nSPS) is 40.2. The van der Waals surface area contributed by atoms with E-state index in [4.69, 9.17) is 4.74 Å². The van der Waals surface area contributed by atoms with Crippen LogP contribution in [0.4, 0.5) is 0 Å². The van der Waals surface area contributed by atoms with Gasteiger partial charge in [0, 0.05) is 29.1 Å². The highest BCUT2D eigenvalue weighted by atomic mass is 32.2. The number of carbonyl (C=O) groups excluding carboxylic acids is 2. The number of ketones is 2. The van der Waals surface area contributed by atoms with Crippen molar-refractivity contribution in [3.05, 3.63) is 42.3 Å². The van der Waals surface area contributed by atoms with E-state index < -0.39 is 17.1 Å². The minimum atomic E-state index is -0.936. The highest BCUT2D eigenvalue weighted by molar-refractivity contribution is 7.99. The van der Waals surface area contributed by atoms with Crippen molar-refractivity contribution in [2.45, 2.75) is 82.8 Å². The van der Waals surface area contributed by atoms with Crippen LogP contribution in [0.25, 0.3) is 0 Å². The monoisotopic (exact) mass is 496 g/mol. The summed E-state index contributed by atoms with van der Waals surface area (Å²) in [4.78, 5) is 34.6. The molecule has 0 bridgehead atoms. The van der Waals surface area contributed by atoms with Crippen molar-refractivity contribution >= 4 is 23.3 Å². The molecule has 0 aromatic carbocycles. The van der Waals surface area contributed by atoms with Crippen LogP contribution in [0.3, 0.4) is 0 Å². The Hall–Kier alpha value is -1.83. The molecule has 0 amide bonds. The molecule has 35 heavy (non-hydrogen) atoms. The molecule has 1 heterocycles. The number of thioether (sulfide) groups is 1. The first-order valence-corrected chi connectivity index (χ1v) is 13.8. The first-order valence-electron chi connectivity index (χ1n) is 12.8. The molecule has 4 aliphatic rings. The molecule has 1 aromatic rings. The van der Waals surface area contributed by atoms with Crippen LogP contribution in [0.2, 0.25) is 0 Å². The summed E-state index contributed by atoms with van der Waals surface area (Å²) in [6.45, 7) is 8.34. The van der Waals surface area contributed by atoms with Crippen molar-refractivity contribution in [3.8, 4) is 0 Å². The van der Waals surface area contributed by atoms with Crippen LogP contribution in [0.1, 0.15) is 59.8 Å². The van der Waals surface area contributed by atoms with Crippen molar-refractivity contribution in [2.24, 2.45) is 28.6 Å². The molecule has 0 spiro atoms. The van der Waals surface area contributed by atoms with Crippen molar-refractivity contribution < 1.29 is 19.4 Å². The lowest BCUT2D eigenvalue weighted by atomic mass is 9.46. The molecule has 6 nitrogen and oxygen atoms in total. The molecule has 188 valence electrons. The second kappa shape index (κ2) is 8.93. The van der Waals surface area contributed by atoms with E-state index >= 15 is 0 Å². The second-order valence-corrected chi connectivity index (χ2v) is 12.4. The molecule has 7 atom stereocenters. The van der Waals surface area contributed by atoms with Gasteiger partial charge in [0.1, 0.15) is 5.60 Å². The summed E-state index contributed by atoms with van der Waals surface area (Å²) in [7, 11) is 0. The molecule has 0 aliphatic heterocycles. The fourth-order valence-electron chi connectivity index (χ4n) is 8.04. The first-order chi connectivity index (χ1) is 16.6. The number of nitrogens with zero attached hydrogens (tertiary/aromatic N) is 2. The zero-order valence-electron chi connectivity index (χ0n) is 21.1. The number of aliphatic hydroxyl groups excluding tert-OH is 1. The van der Waals surface area contributed by atoms with Crippen molar-refractivity contribution in [3.63, 3.8) is 0 Å². The van der Waals surface area contributed by atoms with Crippen molar-refractivity contribution in [1.82, 2.24) is 9.97 Å². The summed E-state index contributed by atoms with van der Waals surface area (Å²) in [5.74, 6) is 0.965. The fraction of sp³-hybridized carbons (Fsp3) is 0.643. The van der Waals surface area contributed by atoms with E-state index in [1.54, 1.807) is 30.6 Å². The van der Waals surface area contributed by atoms with Crippen LogP contribution in [0, 0.1) is 28.6 Å². The highest BCUT2D eigenvalue weighted by Gasteiger charge is 2.69. The summed E-state index contributed by atoms with van der Waals surface area (Å²) < 4.78 is 6.61. The molecule has 3 fully saturated rings. The lowest BCUT2D eigenvalue weighted by Gasteiger charge is -2.60. The Morgan fingerprint density at radius 1 is 1.26 bits per heavy atom. The Kier molecular flexibility index (Phi) is 6.34. The number of fused-ring (bicyclic) bond motifs is 5. The van der Waals surface area contributed by atoms with Gasteiger partial charge in [-0.05, 0) is 76.0 Å². The Balaban J connectivity index is 1.47. The van der Waals surface area contributed by atoms with Crippen LogP contribution in [0.15, 0.2) is 47.4 Å². The number of allylic oxidation sites excluding steroid dienone is 4. The number of ether oxygens (including phenoxy) is 1. The molecule has 7 heteroatoms. The number of hydrogen-bond donors (Lipinski definition) is 1. The van der Waals surface area contributed by atoms with Crippen LogP contribution < -0.4 is 0 Å². The molecule has 4 aliphatic carbocycles. The van der Waals surface area contributed by atoms with Crippen LogP contribution >= 0.6 is 11.8 Å². The first kappa shape index (κ1) is 24.8. The number of aromatic nitrogens is 2. The molecule has 1 N–H and O–H groups in total. The fourth-order valence-corrected chi connectivity index (χ4v) is 8.80. The van der Waals surface area contributed by atoms with Gasteiger partial charge in [-0.2, -0.15) is 0 Å². The quantitative estimate of drug-likeness (QED) is 0.455. The topological polar surface area (TPSA) is 89.4 Å². The van der Waals surface area contributed by atoms with Gasteiger partial charge in [-0.1, -0.05) is 37.3 Å². The molecule has 5 unspecified atom stereocenters. The van der Waals surface area contributed by atoms with Gasteiger partial charge < -0.3 is 9.84 Å². The van der Waals surface area contributed by atoms with E-state index in [0.29, 0.717) is 18.0 Å². The molecule has 0 saturated heterocycles. The number of hydrogen-bond acceptors (Lipinski definition) is 7. The van der Waals surface area contributed by atoms with Gasteiger partial charge in [0.25, 0.3) is 0 Å².